The minimum Gasteiger partial charge on any atom is -0.383 e. The van der Waals surface area contributed by atoms with Gasteiger partial charge in [0.15, 0.2) is 0 Å². The van der Waals surface area contributed by atoms with Crippen molar-refractivity contribution in [3.05, 3.63) is 24.0 Å². The van der Waals surface area contributed by atoms with Gasteiger partial charge in [0.1, 0.15) is 0 Å². The summed E-state index contributed by atoms with van der Waals surface area (Å²) in [5, 5.41) is 0. The Balaban J connectivity index is 2.88. The molecule has 1 heterocycles. The van der Waals surface area contributed by atoms with Gasteiger partial charge in [-0.2, -0.15) is 0 Å². The smallest absolute Gasteiger partial charge is 0.242 e. The molecule has 26 heavy (non-hydrogen) atoms. The second kappa shape index (κ2) is 10.3. The second-order valence-electron chi connectivity index (χ2n) is 7.39. The highest BCUT2D eigenvalue weighted by Crippen LogP contribution is 2.17. The van der Waals surface area contributed by atoms with Crippen molar-refractivity contribution in [2.75, 3.05) is 47.1 Å². The molecule has 0 saturated heterocycles. The average molecular weight is 367 g/mol. The first-order valence-corrected chi connectivity index (χ1v) is 8.86. The number of carbonyl (C=O) groups excluding carboxylic acids is 2. The van der Waals surface area contributed by atoms with E-state index in [-0.39, 0.29) is 18.4 Å². The number of methoxy groups -OCH3 is 2. The summed E-state index contributed by atoms with van der Waals surface area (Å²) in [7, 11) is 5.14. The number of amides is 2. The maximum Gasteiger partial charge on any atom is 0.242 e. The van der Waals surface area contributed by atoms with Gasteiger partial charge in [-0.25, -0.2) is 0 Å². The number of rotatable bonds is 10. The van der Waals surface area contributed by atoms with Crippen molar-refractivity contribution in [3.63, 3.8) is 0 Å². The molecule has 0 aliphatic carbocycles. The van der Waals surface area contributed by atoms with Gasteiger partial charge in [-0.1, -0.05) is 20.8 Å². The van der Waals surface area contributed by atoms with Crippen molar-refractivity contribution in [3.8, 4) is 0 Å². The third kappa shape index (κ3) is 6.80. The fourth-order valence-corrected chi connectivity index (χ4v) is 2.54. The lowest BCUT2D eigenvalue weighted by atomic mass is 9.94. The van der Waals surface area contributed by atoms with Crippen molar-refractivity contribution < 1.29 is 19.1 Å². The van der Waals surface area contributed by atoms with Crippen molar-refractivity contribution in [1.82, 2.24) is 14.4 Å². The van der Waals surface area contributed by atoms with E-state index in [1.807, 2.05) is 50.7 Å². The number of carbonyl (C=O) groups is 2. The van der Waals surface area contributed by atoms with E-state index in [9.17, 15) is 9.59 Å². The largest absolute Gasteiger partial charge is 0.383 e. The number of ether oxygens (including phenoxy) is 2. The van der Waals surface area contributed by atoms with Gasteiger partial charge in [-0.15, -0.1) is 0 Å². The molecule has 0 aliphatic heterocycles. The normalized spacial score (nSPS) is 11.5. The average Bonchev–Trinajstić information content (AvgIpc) is 2.98. The molecule has 1 aromatic rings. The molecule has 7 heteroatoms. The Morgan fingerprint density at radius 3 is 2.12 bits per heavy atom. The lowest BCUT2D eigenvalue weighted by molar-refractivity contribution is -0.146. The van der Waals surface area contributed by atoms with E-state index < -0.39 is 5.41 Å². The summed E-state index contributed by atoms with van der Waals surface area (Å²) in [6, 6.07) is 3.93. The van der Waals surface area contributed by atoms with Crippen molar-refractivity contribution in [2.24, 2.45) is 12.5 Å². The van der Waals surface area contributed by atoms with E-state index in [4.69, 9.17) is 9.47 Å². The molecule has 1 rings (SSSR count). The molecule has 0 saturated carbocycles. The summed E-state index contributed by atoms with van der Waals surface area (Å²) < 4.78 is 12.2. The lowest BCUT2D eigenvalue weighted by Crippen LogP contribution is -2.48. The first kappa shape index (κ1) is 22.2. The Morgan fingerprint density at radius 1 is 1.08 bits per heavy atom. The molecule has 0 aromatic carbocycles. The van der Waals surface area contributed by atoms with Crippen LogP contribution in [0.5, 0.6) is 0 Å². The Bertz CT molecular complexity index is 578. The van der Waals surface area contributed by atoms with E-state index in [2.05, 4.69) is 0 Å². The summed E-state index contributed by atoms with van der Waals surface area (Å²) in [5.74, 6) is -0.162. The standard InChI is InChI=1S/C19H33N3O4/c1-19(2,3)18(24)22(11-13-26-6)15-17(23)21(10-12-25-5)14-16-8-7-9-20(16)4/h7-9H,10-15H2,1-6H3. The van der Waals surface area contributed by atoms with Gasteiger partial charge in [0.05, 0.1) is 26.3 Å². The lowest BCUT2D eigenvalue weighted by Gasteiger charge is -2.31. The molecular weight excluding hydrogens is 334 g/mol. The van der Waals surface area contributed by atoms with Gasteiger partial charge >= 0.3 is 0 Å². The molecule has 0 spiro atoms. The Morgan fingerprint density at radius 2 is 1.65 bits per heavy atom. The van der Waals surface area contributed by atoms with Crippen LogP contribution < -0.4 is 0 Å². The van der Waals surface area contributed by atoms with Crippen LogP contribution in [-0.4, -0.2) is 73.2 Å². The monoisotopic (exact) mass is 367 g/mol. The maximum absolute atomic E-state index is 12.9. The van der Waals surface area contributed by atoms with Gasteiger partial charge in [-0.3, -0.25) is 9.59 Å². The molecule has 2 amide bonds. The van der Waals surface area contributed by atoms with Gasteiger partial charge in [0, 0.05) is 51.7 Å². The summed E-state index contributed by atoms with van der Waals surface area (Å²) in [6.07, 6.45) is 1.95. The molecular formula is C19H33N3O4. The van der Waals surface area contributed by atoms with E-state index >= 15 is 0 Å². The van der Waals surface area contributed by atoms with E-state index in [1.54, 1.807) is 24.0 Å². The highest BCUT2D eigenvalue weighted by atomic mass is 16.5. The molecule has 7 nitrogen and oxygen atoms in total. The first-order chi connectivity index (χ1) is 12.2. The van der Waals surface area contributed by atoms with Crippen LogP contribution in [-0.2, 0) is 32.7 Å². The van der Waals surface area contributed by atoms with Crippen LogP contribution in [0.2, 0.25) is 0 Å². The summed E-state index contributed by atoms with van der Waals surface area (Å²) in [6.45, 7) is 7.78. The van der Waals surface area contributed by atoms with E-state index in [1.165, 1.54) is 0 Å². The Hall–Kier alpha value is -1.86. The SMILES string of the molecule is COCCN(Cc1cccn1C)C(=O)CN(CCOC)C(=O)C(C)(C)C. The van der Waals surface area contributed by atoms with Gasteiger partial charge in [0.2, 0.25) is 11.8 Å². The molecule has 1 aromatic heterocycles. The van der Waals surface area contributed by atoms with Crippen LogP contribution in [0, 0.1) is 5.41 Å². The van der Waals surface area contributed by atoms with Crippen molar-refractivity contribution in [2.45, 2.75) is 27.3 Å². The summed E-state index contributed by atoms with van der Waals surface area (Å²) >= 11 is 0. The predicted molar refractivity (Wildman–Crippen MR) is 101 cm³/mol. The zero-order chi connectivity index (χ0) is 19.7. The number of aryl methyl sites for hydroxylation is 1. The number of aromatic nitrogens is 1. The molecule has 0 unspecified atom stereocenters. The topological polar surface area (TPSA) is 64.0 Å². The fourth-order valence-electron chi connectivity index (χ4n) is 2.54. The van der Waals surface area contributed by atoms with Crippen LogP contribution in [0.1, 0.15) is 26.5 Å². The third-order valence-electron chi connectivity index (χ3n) is 4.14. The van der Waals surface area contributed by atoms with Crippen LogP contribution in [0.4, 0.5) is 0 Å². The van der Waals surface area contributed by atoms with Gasteiger partial charge in [-0.05, 0) is 12.1 Å². The van der Waals surface area contributed by atoms with Crippen molar-refractivity contribution >= 4 is 11.8 Å². The third-order valence-corrected chi connectivity index (χ3v) is 4.14. The first-order valence-electron chi connectivity index (χ1n) is 8.86. The predicted octanol–water partition coefficient (Wildman–Crippen LogP) is 1.52. The van der Waals surface area contributed by atoms with Crippen LogP contribution in [0.15, 0.2) is 18.3 Å². The molecule has 0 radical (unpaired) electrons. The molecule has 0 aliphatic rings. The number of hydrogen-bond donors (Lipinski definition) is 0. The zero-order valence-electron chi connectivity index (χ0n) is 16.9. The minimum atomic E-state index is -0.552. The van der Waals surface area contributed by atoms with E-state index in [0.29, 0.717) is 32.8 Å². The van der Waals surface area contributed by atoms with Crippen molar-refractivity contribution in [1.29, 1.82) is 0 Å². The molecule has 148 valence electrons. The Labute approximate surface area is 156 Å². The zero-order valence-corrected chi connectivity index (χ0v) is 16.9. The van der Waals surface area contributed by atoms with Gasteiger partial charge < -0.3 is 23.8 Å². The molecule has 0 bridgehead atoms. The second-order valence-corrected chi connectivity index (χ2v) is 7.39. The molecule has 0 N–H and O–H groups in total. The minimum absolute atomic E-state index is 0.0353. The summed E-state index contributed by atoms with van der Waals surface area (Å²) in [5.41, 5.74) is 0.476. The molecule has 0 atom stereocenters. The fraction of sp³-hybridized carbons (Fsp3) is 0.684. The highest BCUT2D eigenvalue weighted by molar-refractivity contribution is 5.87. The molecule has 0 fully saturated rings. The van der Waals surface area contributed by atoms with Crippen LogP contribution in [0.3, 0.4) is 0 Å². The highest BCUT2D eigenvalue weighted by Gasteiger charge is 2.29. The number of nitrogens with zero attached hydrogens (tertiary/aromatic N) is 3. The van der Waals surface area contributed by atoms with Crippen LogP contribution >= 0.6 is 0 Å². The Kier molecular flexibility index (Phi) is 8.81. The number of hydrogen-bond acceptors (Lipinski definition) is 4. The van der Waals surface area contributed by atoms with Crippen LogP contribution in [0.25, 0.3) is 0 Å². The van der Waals surface area contributed by atoms with Gasteiger partial charge in [0.25, 0.3) is 0 Å². The summed E-state index contributed by atoms with van der Waals surface area (Å²) in [4.78, 5) is 28.9. The maximum atomic E-state index is 12.9. The quantitative estimate of drug-likeness (QED) is 0.629. The van der Waals surface area contributed by atoms with E-state index in [0.717, 1.165) is 5.69 Å².